The van der Waals surface area contributed by atoms with Crippen molar-refractivity contribution in [3.63, 3.8) is 0 Å². The maximum atomic E-state index is 11.4. The van der Waals surface area contributed by atoms with Gasteiger partial charge in [-0.3, -0.25) is 4.79 Å². The molecule has 3 N–H and O–H groups in total. The van der Waals surface area contributed by atoms with E-state index in [4.69, 9.17) is 0 Å². The van der Waals surface area contributed by atoms with Gasteiger partial charge in [0.1, 0.15) is 0 Å². The zero-order valence-corrected chi connectivity index (χ0v) is 8.66. The molecule has 1 fully saturated rings. The van der Waals surface area contributed by atoms with Gasteiger partial charge in [0, 0.05) is 6.54 Å². The topological polar surface area (TPSA) is 87.7 Å². The smallest absolute Gasteiger partial charge is 0.336 e. The highest BCUT2D eigenvalue weighted by atomic mass is 16.5. The van der Waals surface area contributed by atoms with Gasteiger partial charge in [0.15, 0.2) is 6.10 Å². The lowest BCUT2D eigenvalue weighted by molar-refractivity contribution is -0.150. The molecular formula is C9H16N2O4. The van der Waals surface area contributed by atoms with Crippen LogP contribution in [0.1, 0.15) is 6.42 Å². The summed E-state index contributed by atoms with van der Waals surface area (Å²) in [6, 6.07) is 0. The second kappa shape index (κ2) is 5.67. The van der Waals surface area contributed by atoms with E-state index in [1.165, 1.54) is 7.11 Å². The molecule has 6 heteroatoms. The number of amides is 1. The number of aliphatic hydroxyl groups is 1. The summed E-state index contributed by atoms with van der Waals surface area (Å²) in [5, 5.41) is 14.8. The molecule has 1 aliphatic heterocycles. The minimum absolute atomic E-state index is 0.0603. The van der Waals surface area contributed by atoms with Crippen LogP contribution in [0, 0.1) is 5.92 Å². The van der Waals surface area contributed by atoms with Gasteiger partial charge in [-0.25, -0.2) is 4.79 Å². The molecule has 1 aliphatic rings. The normalized spacial score (nSPS) is 22.1. The van der Waals surface area contributed by atoms with Crippen molar-refractivity contribution in [1.82, 2.24) is 10.6 Å². The summed E-state index contributed by atoms with van der Waals surface area (Å²) in [5.74, 6) is -0.933. The quantitative estimate of drug-likeness (QED) is 0.485. The van der Waals surface area contributed by atoms with Crippen LogP contribution in [-0.2, 0) is 14.3 Å². The van der Waals surface area contributed by atoms with E-state index in [0.29, 0.717) is 6.54 Å². The van der Waals surface area contributed by atoms with Crippen LogP contribution in [-0.4, -0.2) is 49.8 Å². The Kier molecular flexibility index (Phi) is 4.51. The van der Waals surface area contributed by atoms with E-state index in [9.17, 15) is 14.7 Å². The molecule has 0 aliphatic carbocycles. The molecule has 2 atom stereocenters. The standard InChI is InChI=1S/C9H16N2O4/c1-15-9(14)7(12)5-11-8(13)6-2-3-10-4-6/h6-7,10,12H,2-5H2,1H3,(H,11,13). The molecule has 1 amide bonds. The molecule has 6 nitrogen and oxygen atoms in total. The number of nitrogens with one attached hydrogen (secondary N) is 2. The summed E-state index contributed by atoms with van der Waals surface area (Å²) in [7, 11) is 1.19. The van der Waals surface area contributed by atoms with E-state index in [0.717, 1.165) is 13.0 Å². The number of carbonyl (C=O) groups excluding carboxylic acids is 2. The third-order valence-electron chi connectivity index (χ3n) is 2.37. The van der Waals surface area contributed by atoms with Crippen LogP contribution in [0.4, 0.5) is 0 Å². The van der Waals surface area contributed by atoms with Crippen LogP contribution in [0.3, 0.4) is 0 Å². The van der Waals surface area contributed by atoms with Crippen molar-refractivity contribution in [2.24, 2.45) is 5.92 Å². The number of ether oxygens (including phenoxy) is 1. The zero-order chi connectivity index (χ0) is 11.3. The summed E-state index contributed by atoms with van der Waals surface area (Å²) >= 11 is 0. The van der Waals surface area contributed by atoms with Crippen molar-refractivity contribution in [3.05, 3.63) is 0 Å². The van der Waals surface area contributed by atoms with Crippen molar-refractivity contribution >= 4 is 11.9 Å². The van der Waals surface area contributed by atoms with E-state index >= 15 is 0 Å². The van der Waals surface area contributed by atoms with Gasteiger partial charge in [-0.05, 0) is 13.0 Å². The number of esters is 1. The van der Waals surface area contributed by atoms with Gasteiger partial charge in [0.25, 0.3) is 0 Å². The fraction of sp³-hybridized carbons (Fsp3) is 0.778. The Balaban J connectivity index is 2.24. The minimum atomic E-state index is -1.28. The third-order valence-corrected chi connectivity index (χ3v) is 2.37. The molecule has 0 bridgehead atoms. The molecule has 0 spiro atoms. The molecule has 0 aromatic carbocycles. The first-order valence-electron chi connectivity index (χ1n) is 4.89. The van der Waals surface area contributed by atoms with E-state index < -0.39 is 12.1 Å². The van der Waals surface area contributed by atoms with Gasteiger partial charge < -0.3 is 20.5 Å². The SMILES string of the molecule is COC(=O)C(O)CNC(=O)C1CCNC1. The number of aliphatic hydroxyl groups excluding tert-OH is 1. The Labute approximate surface area is 88.0 Å². The molecule has 0 saturated carbocycles. The molecule has 15 heavy (non-hydrogen) atoms. The molecule has 0 aromatic heterocycles. The van der Waals surface area contributed by atoms with Crippen molar-refractivity contribution in [2.75, 3.05) is 26.7 Å². The highest BCUT2D eigenvalue weighted by Crippen LogP contribution is 2.06. The number of methoxy groups -OCH3 is 1. The highest BCUT2D eigenvalue weighted by Gasteiger charge is 2.23. The Morgan fingerprint density at radius 3 is 2.93 bits per heavy atom. The van der Waals surface area contributed by atoms with Crippen LogP contribution >= 0.6 is 0 Å². The van der Waals surface area contributed by atoms with E-state index in [1.807, 2.05) is 0 Å². The first-order valence-corrected chi connectivity index (χ1v) is 4.89. The Bertz CT molecular complexity index is 238. The van der Waals surface area contributed by atoms with Crippen LogP contribution < -0.4 is 10.6 Å². The molecule has 1 heterocycles. The van der Waals surface area contributed by atoms with E-state index in [2.05, 4.69) is 15.4 Å². The lowest BCUT2D eigenvalue weighted by Crippen LogP contribution is -2.40. The maximum Gasteiger partial charge on any atom is 0.336 e. The maximum absolute atomic E-state index is 11.4. The van der Waals surface area contributed by atoms with Crippen LogP contribution in [0.15, 0.2) is 0 Å². The number of carbonyl (C=O) groups is 2. The van der Waals surface area contributed by atoms with E-state index in [-0.39, 0.29) is 18.4 Å². The molecule has 0 radical (unpaired) electrons. The predicted octanol–water partition coefficient (Wildman–Crippen LogP) is -1.75. The largest absolute Gasteiger partial charge is 0.467 e. The second-order valence-electron chi connectivity index (χ2n) is 3.47. The molecule has 1 rings (SSSR count). The van der Waals surface area contributed by atoms with Crippen molar-refractivity contribution in [2.45, 2.75) is 12.5 Å². The Hall–Kier alpha value is -1.14. The van der Waals surface area contributed by atoms with Crippen molar-refractivity contribution < 1.29 is 19.4 Å². The van der Waals surface area contributed by atoms with E-state index in [1.54, 1.807) is 0 Å². The molecular weight excluding hydrogens is 200 g/mol. The summed E-state index contributed by atoms with van der Waals surface area (Å²) in [6.07, 6.45) is -0.492. The predicted molar refractivity (Wildman–Crippen MR) is 52.0 cm³/mol. The lowest BCUT2D eigenvalue weighted by atomic mass is 10.1. The summed E-state index contributed by atoms with van der Waals surface area (Å²) in [6.45, 7) is 1.39. The number of rotatable bonds is 4. The molecule has 0 aromatic rings. The highest BCUT2D eigenvalue weighted by molar-refractivity contribution is 5.80. The number of hydrogen-bond donors (Lipinski definition) is 3. The van der Waals surface area contributed by atoms with Gasteiger partial charge in [0.05, 0.1) is 19.6 Å². The van der Waals surface area contributed by atoms with Gasteiger partial charge in [-0.15, -0.1) is 0 Å². The van der Waals surface area contributed by atoms with Crippen LogP contribution in [0.5, 0.6) is 0 Å². The monoisotopic (exact) mass is 216 g/mol. The van der Waals surface area contributed by atoms with Crippen molar-refractivity contribution in [1.29, 1.82) is 0 Å². The average Bonchev–Trinajstić information content (AvgIpc) is 2.77. The lowest BCUT2D eigenvalue weighted by Gasteiger charge is -2.12. The van der Waals surface area contributed by atoms with Gasteiger partial charge in [-0.2, -0.15) is 0 Å². The number of hydrogen-bond acceptors (Lipinski definition) is 5. The first-order chi connectivity index (χ1) is 7.15. The second-order valence-corrected chi connectivity index (χ2v) is 3.47. The van der Waals surface area contributed by atoms with Gasteiger partial charge >= 0.3 is 5.97 Å². The van der Waals surface area contributed by atoms with Gasteiger partial charge in [0.2, 0.25) is 5.91 Å². The molecule has 1 saturated heterocycles. The average molecular weight is 216 g/mol. The van der Waals surface area contributed by atoms with Gasteiger partial charge in [-0.1, -0.05) is 0 Å². The fourth-order valence-electron chi connectivity index (χ4n) is 1.44. The molecule has 2 unspecified atom stereocenters. The van der Waals surface area contributed by atoms with Crippen LogP contribution in [0.2, 0.25) is 0 Å². The van der Waals surface area contributed by atoms with Crippen LogP contribution in [0.25, 0.3) is 0 Å². The first kappa shape index (κ1) is 11.9. The molecule has 86 valence electrons. The minimum Gasteiger partial charge on any atom is -0.467 e. The third kappa shape index (κ3) is 3.49. The summed E-state index contributed by atoms with van der Waals surface area (Å²) in [5.41, 5.74) is 0. The summed E-state index contributed by atoms with van der Waals surface area (Å²) in [4.78, 5) is 22.3. The Morgan fingerprint density at radius 1 is 1.67 bits per heavy atom. The summed E-state index contributed by atoms with van der Waals surface area (Å²) < 4.78 is 4.32. The fourth-order valence-corrected chi connectivity index (χ4v) is 1.44. The van der Waals surface area contributed by atoms with Crippen molar-refractivity contribution in [3.8, 4) is 0 Å². The zero-order valence-electron chi connectivity index (χ0n) is 8.66. The Morgan fingerprint density at radius 2 is 2.40 bits per heavy atom.